The average molecular weight is 266 g/mol. The SMILES string of the molecule is CCNc1ncnc(NC2CC(O)C2(C)C)c1OC. The van der Waals surface area contributed by atoms with Crippen molar-refractivity contribution in [3.05, 3.63) is 6.33 Å². The number of methoxy groups -OCH3 is 1. The van der Waals surface area contributed by atoms with Gasteiger partial charge in [-0.15, -0.1) is 0 Å². The summed E-state index contributed by atoms with van der Waals surface area (Å²) in [6.07, 6.45) is 1.95. The van der Waals surface area contributed by atoms with Gasteiger partial charge in [-0.05, 0) is 13.3 Å². The first-order valence-corrected chi connectivity index (χ1v) is 6.58. The molecule has 1 saturated carbocycles. The van der Waals surface area contributed by atoms with E-state index in [0.717, 1.165) is 13.0 Å². The van der Waals surface area contributed by atoms with Crippen LogP contribution < -0.4 is 15.4 Å². The lowest BCUT2D eigenvalue weighted by atomic mass is 9.64. The van der Waals surface area contributed by atoms with Crippen molar-refractivity contribution >= 4 is 11.6 Å². The molecule has 1 heterocycles. The Labute approximate surface area is 113 Å². The number of aliphatic hydroxyl groups excluding tert-OH is 1. The van der Waals surface area contributed by atoms with E-state index in [2.05, 4.69) is 20.6 Å². The molecule has 0 radical (unpaired) electrons. The van der Waals surface area contributed by atoms with Crippen LogP contribution in [0.2, 0.25) is 0 Å². The van der Waals surface area contributed by atoms with E-state index < -0.39 is 0 Å². The second kappa shape index (κ2) is 5.21. The Kier molecular flexibility index (Phi) is 3.80. The van der Waals surface area contributed by atoms with E-state index in [1.807, 2.05) is 20.8 Å². The molecule has 2 atom stereocenters. The van der Waals surface area contributed by atoms with E-state index in [1.165, 1.54) is 6.33 Å². The molecule has 6 heteroatoms. The third kappa shape index (κ3) is 2.45. The van der Waals surface area contributed by atoms with Crippen molar-refractivity contribution in [2.24, 2.45) is 5.41 Å². The van der Waals surface area contributed by atoms with Gasteiger partial charge in [-0.1, -0.05) is 13.8 Å². The number of nitrogens with zero attached hydrogens (tertiary/aromatic N) is 2. The first-order valence-electron chi connectivity index (χ1n) is 6.58. The average Bonchev–Trinajstić information content (AvgIpc) is 2.39. The molecule has 0 saturated heterocycles. The Hall–Kier alpha value is -1.56. The third-order valence-electron chi connectivity index (χ3n) is 3.88. The quantitative estimate of drug-likeness (QED) is 0.749. The number of anilines is 2. The zero-order chi connectivity index (χ0) is 14.0. The lowest BCUT2D eigenvalue weighted by molar-refractivity contribution is -0.0512. The van der Waals surface area contributed by atoms with Gasteiger partial charge in [0, 0.05) is 18.0 Å². The van der Waals surface area contributed by atoms with Gasteiger partial charge in [0.1, 0.15) is 6.33 Å². The van der Waals surface area contributed by atoms with Crippen molar-refractivity contribution in [2.45, 2.75) is 39.3 Å². The van der Waals surface area contributed by atoms with E-state index in [1.54, 1.807) is 7.11 Å². The maximum Gasteiger partial charge on any atom is 0.204 e. The van der Waals surface area contributed by atoms with Gasteiger partial charge in [0.15, 0.2) is 11.6 Å². The van der Waals surface area contributed by atoms with Crippen molar-refractivity contribution < 1.29 is 9.84 Å². The highest BCUT2D eigenvalue weighted by atomic mass is 16.5. The summed E-state index contributed by atoms with van der Waals surface area (Å²) in [7, 11) is 1.60. The molecule has 6 nitrogen and oxygen atoms in total. The van der Waals surface area contributed by atoms with Crippen LogP contribution in [0.3, 0.4) is 0 Å². The summed E-state index contributed by atoms with van der Waals surface area (Å²) in [6, 6.07) is 0.181. The smallest absolute Gasteiger partial charge is 0.204 e. The van der Waals surface area contributed by atoms with Gasteiger partial charge < -0.3 is 20.5 Å². The van der Waals surface area contributed by atoms with Crippen molar-refractivity contribution in [2.75, 3.05) is 24.3 Å². The van der Waals surface area contributed by atoms with Gasteiger partial charge in [0.05, 0.1) is 13.2 Å². The molecule has 1 aliphatic rings. The number of aromatic nitrogens is 2. The molecule has 1 aromatic rings. The van der Waals surface area contributed by atoms with Crippen LogP contribution in [0.15, 0.2) is 6.33 Å². The highest BCUT2D eigenvalue weighted by Crippen LogP contribution is 2.43. The summed E-state index contributed by atoms with van der Waals surface area (Å²) in [6.45, 7) is 6.84. The Balaban J connectivity index is 2.19. The highest BCUT2D eigenvalue weighted by molar-refractivity contribution is 5.64. The topological polar surface area (TPSA) is 79.3 Å². The number of hydrogen-bond acceptors (Lipinski definition) is 6. The maximum atomic E-state index is 9.77. The van der Waals surface area contributed by atoms with Gasteiger partial charge in [-0.25, -0.2) is 9.97 Å². The van der Waals surface area contributed by atoms with Crippen molar-refractivity contribution in [3.8, 4) is 5.75 Å². The first kappa shape index (κ1) is 13.9. The minimum Gasteiger partial charge on any atom is -0.490 e. The van der Waals surface area contributed by atoms with Crippen LogP contribution in [0, 0.1) is 5.41 Å². The Morgan fingerprint density at radius 3 is 2.63 bits per heavy atom. The number of rotatable bonds is 5. The largest absolute Gasteiger partial charge is 0.490 e. The molecule has 106 valence electrons. The number of ether oxygens (including phenoxy) is 1. The van der Waals surface area contributed by atoms with Gasteiger partial charge in [-0.3, -0.25) is 0 Å². The van der Waals surface area contributed by atoms with E-state index in [4.69, 9.17) is 4.74 Å². The number of aliphatic hydroxyl groups is 1. The van der Waals surface area contributed by atoms with Gasteiger partial charge in [-0.2, -0.15) is 0 Å². The fraction of sp³-hybridized carbons (Fsp3) is 0.692. The highest BCUT2D eigenvalue weighted by Gasteiger charge is 2.47. The molecule has 0 spiro atoms. The Morgan fingerprint density at radius 2 is 2.11 bits per heavy atom. The molecule has 2 rings (SSSR count). The molecule has 3 N–H and O–H groups in total. The molecule has 0 aromatic carbocycles. The number of nitrogens with one attached hydrogen (secondary N) is 2. The van der Waals surface area contributed by atoms with Crippen molar-refractivity contribution in [1.29, 1.82) is 0 Å². The van der Waals surface area contributed by atoms with Crippen LogP contribution in [0.4, 0.5) is 11.6 Å². The van der Waals surface area contributed by atoms with Crippen molar-refractivity contribution in [3.63, 3.8) is 0 Å². The molecule has 0 amide bonds. The molecule has 1 aromatic heterocycles. The monoisotopic (exact) mass is 266 g/mol. The molecule has 0 bridgehead atoms. The van der Waals surface area contributed by atoms with Gasteiger partial charge in [0.2, 0.25) is 5.75 Å². The molecule has 0 aliphatic heterocycles. The minimum absolute atomic E-state index is 0.158. The zero-order valence-electron chi connectivity index (χ0n) is 11.9. The summed E-state index contributed by atoms with van der Waals surface area (Å²) in [5, 5.41) is 16.3. The fourth-order valence-electron chi connectivity index (χ4n) is 2.28. The molecule has 1 fully saturated rings. The summed E-state index contributed by atoms with van der Waals surface area (Å²) in [5.74, 6) is 1.96. The molecular formula is C13H22N4O2. The zero-order valence-corrected chi connectivity index (χ0v) is 11.9. The van der Waals surface area contributed by atoms with E-state index in [9.17, 15) is 5.11 Å². The molecular weight excluding hydrogens is 244 g/mol. The van der Waals surface area contributed by atoms with Crippen LogP contribution in [0.25, 0.3) is 0 Å². The van der Waals surface area contributed by atoms with E-state index in [0.29, 0.717) is 17.4 Å². The normalized spacial score (nSPS) is 24.5. The predicted octanol–water partition coefficient (Wildman–Crippen LogP) is 1.49. The van der Waals surface area contributed by atoms with Crippen LogP contribution in [0.1, 0.15) is 27.2 Å². The first-order chi connectivity index (χ1) is 9.00. The summed E-state index contributed by atoms with van der Waals surface area (Å²) in [4.78, 5) is 8.40. The Morgan fingerprint density at radius 1 is 1.42 bits per heavy atom. The predicted molar refractivity (Wildman–Crippen MR) is 74.6 cm³/mol. The van der Waals surface area contributed by atoms with Crippen LogP contribution in [-0.4, -0.2) is 40.9 Å². The molecule has 1 aliphatic carbocycles. The fourth-order valence-corrected chi connectivity index (χ4v) is 2.28. The van der Waals surface area contributed by atoms with Crippen LogP contribution >= 0.6 is 0 Å². The second-order valence-electron chi connectivity index (χ2n) is 5.40. The number of hydrogen-bond donors (Lipinski definition) is 3. The lowest BCUT2D eigenvalue weighted by Crippen LogP contribution is -2.57. The van der Waals surface area contributed by atoms with Crippen LogP contribution in [0.5, 0.6) is 5.75 Å². The van der Waals surface area contributed by atoms with Crippen LogP contribution in [-0.2, 0) is 0 Å². The van der Waals surface area contributed by atoms with E-state index in [-0.39, 0.29) is 17.6 Å². The van der Waals surface area contributed by atoms with Gasteiger partial charge in [0.25, 0.3) is 0 Å². The molecule has 2 unspecified atom stereocenters. The minimum atomic E-state index is -0.272. The molecule has 19 heavy (non-hydrogen) atoms. The lowest BCUT2D eigenvalue weighted by Gasteiger charge is -2.49. The third-order valence-corrected chi connectivity index (χ3v) is 3.88. The van der Waals surface area contributed by atoms with Gasteiger partial charge >= 0.3 is 0 Å². The summed E-state index contributed by atoms with van der Waals surface area (Å²) < 4.78 is 5.38. The maximum absolute atomic E-state index is 9.77. The van der Waals surface area contributed by atoms with Crippen molar-refractivity contribution in [1.82, 2.24) is 9.97 Å². The summed E-state index contributed by atoms with van der Waals surface area (Å²) in [5.41, 5.74) is -0.158. The van der Waals surface area contributed by atoms with E-state index >= 15 is 0 Å². The summed E-state index contributed by atoms with van der Waals surface area (Å²) >= 11 is 0. The standard InChI is InChI=1S/C13H22N4O2/c1-5-14-11-10(19-4)12(16-7-15-11)17-8-6-9(18)13(8,2)3/h7-9,18H,5-6H2,1-4H3,(H2,14,15,16,17). The second-order valence-corrected chi connectivity index (χ2v) is 5.40. The Bertz CT molecular complexity index is 450.